The number of hydrogen-bond acceptors (Lipinski definition) is 2. The molecule has 2 fully saturated rings. The van der Waals surface area contributed by atoms with Crippen LogP contribution in [0.3, 0.4) is 0 Å². The summed E-state index contributed by atoms with van der Waals surface area (Å²) >= 11 is 0. The molecule has 2 nitrogen and oxygen atoms in total. The van der Waals surface area contributed by atoms with Gasteiger partial charge in [-0.2, -0.15) is 0 Å². The van der Waals surface area contributed by atoms with Gasteiger partial charge in [0.2, 0.25) is 0 Å². The van der Waals surface area contributed by atoms with Gasteiger partial charge in [-0.15, -0.1) is 0 Å². The van der Waals surface area contributed by atoms with E-state index in [0.717, 1.165) is 38.7 Å². The monoisotopic (exact) mass is 224 g/mol. The van der Waals surface area contributed by atoms with Gasteiger partial charge >= 0.3 is 0 Å². The predicted molar refractivity (Wildman–Crippen MR) is 64.3 cm³/mol. The van der Waals surface area contributed by atoms with Crippen molar-refractivity contribution in [3.05, 3.63) is 0 Å². The molecule has 0 aromatic carbocycles. The van der Waals surface area contributed by atoms with Crippen molar-refractivity contribution in [1.29, 1.82) is 0 Å². The molecule has 0 radical (unpaired) electrons. The maximum absolute atomic E-state index is 12.3. The Morgan fingerprint density at radius 3 is 2.31 bits per heavy atom. The van der Waals surface area contributed by atoms with Crippen LogP contribution in [-0.4, -0.2) is 18.5 Å². The first-order valence-corrected chi connectivity index (χ1v) is 6.82. The Morgan fingerprint density at radius 1 is 1.06 bits per heavy atom. The molecule has 1 heterocycles. The van der Waals surface area contributed by atoms with Crippen LogP contribution < -0.4 is 0 Å². The van der Waals surface area contributed by atoms with Gasteiger partial charge in [-0.05, 0) is 50.4 Å². The summed E-state index contributed by atoms with van der Waals surface area (Å²) in [6, 6.07) is 0. The number of carbonyl (C=O) groups excluding carboxylic acids is 1. The molecule has 1 aliphatic carbocycles. The lowest BCUT2D eigenvalue weighted by atomic mass is 9.74. The number of ether oxygens (including phenoxy) is 1. The standard InChI is InChI=1S/C14H24O2/c1-10-7-11(2)9-12(8-10)14(15)13-5-3-4-6-16-13/h10-13H,3-9H2,1-2H3. The first-order chi connectivity index (χ1) is 7.66. The van der Waals surface area contributed by atoms with Gasteiger partial charge in [-0.25, -0.2) is 0 Å². The summed E-state index contributed by atoms with van der Waals surface area (Å²) in [4.78, 5) is 12.3. The molecular formula is C14H24O2. The molecule has 1 saturated heterocycles. The van der Waals surface area contributed by atoms with E-state index in [1.165, 1.54) is 6.42 Å². The van der Waals surface area contributed by atoms with Gasteiger partial charge in [0.05, 0.1) is 0 Å². The smallest absolute Gasteiger partial charge is 0.164 e. The summed E-state index contributed by atoms with van der Waals surface area (Å²) in [7, 11) is 0. The van der Waals surface area contributed by atoms with Gasteiger partial charge in [0, 0.05) is 12.5 Å². The van der Waals surface area contributed by atoms with Crippen LogP contribution in [0.5, 0.6) is 0 Å². The van der Waals surface area contributed by atoms with Crippen LogP contribution in [0.25, 0.3) is 0 Å². The molecule has 92 valence electrons. The Kier molecular flexibility index (Phi) is 4.01. The molecule has 0 aromatic heterocycles. The molecule has 2 heteroatoms. The van der Waals surface area contributed by atoms with Crippen molar-refractivity contribution >= 4 is 5.78 Å². The molecule has 1 saturated carbocycles. The van der Waals surface area contributed by atoms with Gasteiger partial charge in [-0.3, -0.25) is 4.79 Å². The molecule has 3 unspecified atom stereocenters. The zero-order chi connectivity index (χ0) is 11.5. The third-order valence-electron chi connectivity index (χ3n) is 4.08. The maximum atomic E-state index is 12.3. The predicted octanol–water partition coefficient (Wildman–Crippen LogP) is 3.20. The van der Waals surface area contributed by atoms with E-state index in [1.54, 1.807) is 0 Å². The van der Waals surface area contributed by atoms with Crippen molar-refractivity contribution in [2.24, 2.45) is 17.8 Å². The Labute approximate surface area is 98.7 Å². The zero-order valence-electron chi connectivity index (χ0n) is 10.6. The molecule has 1 aliphatic heterocycles. The van der Waals surface area contributed by atoms with E-state index in [9.17, 15) is 4.79 Å². The lowest BCUT2D eigenvalue weighted by Crippen LogP contribution is -2.36. The SMILES string of the molecule is CC1CC(C)CC(C(=O)C2CCCCO2)C1. The number of hydrogen-bond donors (Lipinski definition) is 0. The fourth-order valence-electron chi connectivity index (χ4n) is 3.41. The van der Waals surface area contributed by atoms with Gasteiger partial charge in [-0.1, -0.05) is 13.8 Å². The van der Waals surface area contributed by atoms with Crippen molar-refractivity contribution in [3.63, 3.8) is 0 Å². The summed E-state index contributed by atoms with van der Waals surface area (Å²) in [6.45, 7) is 5.34. The van der Waals surface area contributed by atoms with E-state index in [0.29, 0.717) is 17.6 Å². The Bertz CT molecular complexity index is 233. The third-order valence-corrected chi connectivity index (χ3v) is 4.08. The molecule has 0 amide bonds. The number of ketones is 1. The van der Waals surface area contributed by atoms with Crippen LogP contribution in [-0.2, 0) is 9.53 Å². The molecular weight excluding hydrogens is 200 g/mol. The number of carbonyl (C=O) groups is 1. The molecule has 0 bridgehead atoms. The second kappa shape index (κ2) is 5.31. The highest BCUT2D eigenvalue weighted by atomic mass is 16.5. The summed E-state index contributed by atoms with van der Waals surface area (Å²) in [5.41, 5.74) is 0. The fourth-order valence-corrected chi connectivity index (χ4v) is 3.41. The van der Waals surface area contributed by atoms with Crippen LogP contribution in [0.1, 0.15) is 52.4 Å². The summed E-state index contributed by atoms with van der Waals surface area (Å²) in [5, 5.41) is 0. The first-order valence-electron chi connectivity index (χ1n) is 6.82. The molecule has 2 aliphatic rings. The topological polar surface area (TPSA) is 26.3 Å². The fraction of sp³-hybridized carbons (Fsp3) is 0.929. The minimum atomic E-state index is -0.0729. The van der Waals surface area contributed by atoms with Crippen LogP contribution in [0, 0.1) is 17.8 Å². The van der Waals surface area contributed by atoms with Gasteiger partial charge in [0.25, 0.3) is 0 Å². The minimum absolute atomic E-state index is 0.0729. The van der Waals surface area contributed by atoms with Crippen molar-refractivity contribution in [3.8, 4) is 0 Å². The van der Waals surface area contributed by atoms with E-state index in [1.807, 2.05) is 0 Å². The van der Waals surface area contributed by atoms with Crippen LogP contribution in [0.2, 0.25) is 0 Å². The Balaban J connectivity index is 1.92. The lowest BCUT2D eigenvalue weighted by molar-refractivity contribution is -0.139. The average Bonchev–Trinajstić information content (AvgIpc) is 2.28. The van der Waals surface area contributed by atoms with Crippen LogP contribution >= 0.6 is 0 Å². The van der Waals surface area contributed by atoms with Crippen LogP contribution in [0.15, 0.2) is 0 Å². The highest BCUT2D eigenvalue weighted by Gasteiger charge is 2.33. The van der Waals surface area contributed by atoms with Gasteiger partial charge in [0.1, 0.15) is 6.10 Å². The van der Waals surface area contributed by atoms with E-state index in [2.05, 4.69) is 13.8 Å². The third kappa shape index (κ3) is 2.85. The first kappa shape index (κ1) is 12.1. The molecule has 2 rings (SSSR count). The highest BCUT2D eigenvalue weighted by molar-refractivity contribution is 5.85. The molecule has 0 N–H and O–H groups in total. The normalized spacial score (nSPS) is 40.6. The minimum Gasteiger partial charge on any atom is -0.370 e. The number of rotatable bonds is 2. The molecule has 0 aromatic rings. The van der Waals surface area contributed by atoms with Crippen LogP contribution in [0.4, 0.5) is 0 Å². The van der Waals surface area contributed by atoms with Crippen molar-refractivity contribution in [2.75, 3.05) is 6.61 Å². The second-order valence-corrected chi connectivity index (χ2v) is 5.87. The zero-order valence-corrected chi connectivity index (χ0v) is 10.6. The Morgan fingerprint density at radius 2 is 1.75 bits per heavy atom. The van der Waals surface area contributed by atoms with E-state index in [-0.39, 0.29) is 12.0 Å². The van der Waals surface area contributed by atoms with Gasteiger partial charge in [0.15, 0.2) is 5.78 Å². The molecule has 16 heavy (non-hydrogen) atoms. The van der Waals surface area contributed by atoms with Gasteiger partial charge < -0.3 is 4.74 Å². The summed E-state index contributed by atoms with van der Waals surface area (Å²) in [5.74, 6) is 2.10. The van der Waals surface area contributed by atoms with E-state index >= 15 is 0 Å². The second-order valence-electron chi connectivity index (χ2n) is 5.87. The summed E-state index contributed by atoms with van der Waals surface area (Å²) in [6.07, 6.45) is 6.63. The number of Topliss-reactive ketones (excluding diaryl/α,β-unsaturated/α-hetero) is 1. The largest absolute Gasteiger partial charge is 0.370 e. The molecule has 3 atom stereocenters. The van der Waals surface area contributed by atoms with Crippen molar-refractivity contribution in [2.45, 2.75) is 58.5 Å². The highest BCUT2D eigenvalue weighted by Crippen LogP contribution is 2.35. The van der Waals surface area contributed by atoms with E-state index in [4.69, 9.17) is 4.74 Å². The van der Waals surface area contributed by atoms with Crippen molar-refractivity contribution < 1.29 is 9.53 Å². The van der Waals surface area contributed by atoms with Crippen molar-refractivity contribution in [1.82, 2.24) is 0 Å². The maximum Gasteiger partial charge on any atom is 0.164 e. The molecule has 0 spiro atoms. The quantitative estimate of drug-likeness (QED) is 0.720. The lowest BCUT2D eigenvalue weighted by Gasteiger charge is -2.33. The summed E-state index contributed by atoms with van der Waals surface area (Å²) < 4.78 is 5.61. The van der Waals surface area contributed by atoms with E-state index < -0.39 is 0 Å². The Hall–Kier alpha value is -0.370. The average molecular weight is 224 g/mol.